The highest BCUT2D eigenvalue weighted by atomic mass is 35.5. The van der Waals surface area contributed by atoms with Gasteiger partial charge in [-0.15, -0.1) is 0 Å². The molecule has 0 fully saturated rings. The second kappa shape index (κ2) is 7.21. The van der Waals surface area contributed by atoms with Crippen molar-refractivity contribution in [3.63, 3.8) is 0 Å². The Hall–Kier alpha value is -2.44. The average Bonchev–Trinajstić information content (AvgIpc) is 2.53. The lowest BCUT2D eigenvalue weighted by atomic mass is 10.3. The molecule has 0 aliphatic carbocycles. The Labute approximate surface area is 152 Å². The third kappa shape index (κ3) is 4.35. The lowest BCUT2D eigenvalue weighted by molar-refractivity contribution is 0.586. The van der Waals surface area contributed by atoms with Gasteiger partial charge in [0.1, 0.15) is 17.5 Å². The van der Waals surface area contributed by atoms with Crippen LogP contribution in [0.25, 0.3) is 0 Å². The molecule has 8 heteroatoms. The van der Waals surface area contributed by atoms with Gasteiger partial charge in [-0.25, -0.2) is 13.8 Å². The second-order valence-corrected chi connectivity index (χ2v) is 6.06. The first-order valence-electron chi connectivity index (χ1n) is 7.20. The fraction of sp³-hybridized carbons (Fsp3) is 0.0588. The molecule has 3 aromatic rings. The minimum Gasteiger partial charge on any atom is -0.338 e. The van der Waals surface area contributed by atoms with Gasteiger partial charge >= 0.3 is 0 Å². The van der Waals surface area contributed by atoms with Crippen molar-refractivity contribution < 1.29 is 8.78 Å². The Kier molecular flexibility index (Phi) is 5.01. The van der Waals surface area contributed by atoms with E-state index in [1.54, 1.807) is 31.2 Å². The first-order chi connectivity index (χ1) is 11.9. The summed E-state index contributed by atoms with van der Waals surface area (Å²) in [5.41, 5.74) is 1.28. The van der Waals surface area contributed by atoms with E-state index in [2.05, 4.69) is 20.6 Å². The molecule has 2 aromatic carbocycles. The Morgan fingerprint density at radius 2 is 1.68 bits per heavy atom. The van der Waals surface area contributed by atoms with Gasteiger partial charge in [-0.2, -0.15) is 4.98 Å². The lowest BCUT2D eigenvalue weighted by Gasteiger charge is -2.11. The molecule has 1 aromatic heterocycles. The monoisotopic (exact) mass is 380 g/mol. The van der Waals surface area contributed by atoms with E-state index in [1.807, 2.05) is 0 Å². The van der Waals surface area contributed by atoms with Gasteiger partial charge in [-0.05, 0) is 37.3 Å². The third-order valence-corrected chi connectivity index (χ3v) is 3.79. The lowest BCUT2D eigenvalue weighted by Crippen LogP contribution is -2.03. The van der Waals surface area contributed by atoms with Gasteiger partial charge in [-0.3, -0.25) is 0 Å². The van der Waals surface area contributed by atoms with Crippen LogP contribution < -0.4 is 10.6 Å². The number of nitrogens with zero attached hydrogens (tertiary/aromatic N) is 2. The topological polar surface area (TPSA) is 49.8 Å². The van der Waals surface area contributed by atoms with Crippen molar-refractivity contribution in [3.05, 3.63) is 69.8 Å². The SMILES string of the molecule is Cc1cc(Nc2ccc(F)cc2F)nc(Nc2cc(Cl)ccc2Cl)n1. The van der Waals surface area contributed by atoms with Gasteiger partial charge < -0.3 is 10.6 Å². The van der Waals surface area contributed by atoms with Crippen LogP contribution in [0.1, 0.15) is 5.69 Å². The van der Waals surface area contributed by atoms with E-state index in [9.17, 15) is 8.78 Å². The minimum atomic E-state index is -0.719. The Morgan fingerprint density at radius 3 is 2.44 bits per heavy atom. The number of benzene rings is 2. The van der Waals surface area contributed by atoms with Crippen molar-refractivity contribution in [2.45, 2.75) is 6.92 Å². The molecule has 0 radical (unpaired) electrons. The summed E-state index contributed by atoms with van der Waals surface area (Å²) < 4.78 is 26.8. The van der Waals surface area contributed by atoms with Crippen LogP contribution in [0.5, 0.6) is 0 Å². The molecule has 128 valence electrons. The standard InChI is InChI=1S/C17H12Cl2F2N4/c1-9-6-16(23-14-5-3-11(20)8-13(14)21)25-17(22-9)24-15-7-10(18)2-4-12(15)19/h2-8H,1H3,(H2,22,23,24,25). The molecular weight excluding hydrogens is 369 g/mol. The van der Waals surface area contributed by atoms with E-state index in [-0.39, 0.29) is 11.6 Å². The Bertz CT molecular complexity index is 935. The van der Waals surface area contributed by atoms with E-state index >= 15 is 0 Å². The zero-order valence-electron chi connectivity index (χ0n) is 12.9. The quantitative estimate of drug-likeness (QED) is 0.595. The molecule has 0 saturated heterocycles. The summed E-state index contributed by atoms with van der Waals surface area (Å²) in [7, 11) is 0. The number of halogens is 4. The fourth-order valence-corrected chi connectivity index (χ4v) is 2.47. The average molecular weight is 381 g/mol. The van der Waals surface area contributed by atoms with Crippen LogP contribution in [-0.4, -0.2) is 9.97 Å². The van der Waals surface area contributed by atoms with E-state index in [0.717, 1.165) is 12.1 Å². The molecule has 2 N–H and O–H groups in total. The molecule has 3 rings (SSSR count). The highest BCUT2D eigenvalue weighted by Gasteiger charge is 2.09. The summed E-state index contributed by atoms with van der Waals surface area (Å²) in [5.74, 6) is -0.767. The molecule has 0 spiro atoms. The first-order valence-corrected chi connectivity index (χ1v) is 7.96. The zero-order chi connectivity index (χ0) is 18.0. The van der Waals surface area contributed by atoms with Crippen LogP contribution in [0.2, 0.25) is 10.0 Å². The van der Waals surface area contributed by atoms with E-state index < -0.39 is 11.6 Å². The molecule has 0 unspecified atom stereocenters. The van der Waals surface area contributed by atoms with Crippen LogP contribution in [0.4, 0.5) is 31.9 Å². The Morgan fingerprint density at radius 1 is 0.880 bits per heavy atom. The minimum absolute atomic E-state index is 0.103. The highest BCUT2D eigenvalue weighted by Crippen LogP contribution is 2.28. The second-order valence-electron chi connectivity index (χ2n) is 5.22. The number of rotatable bonds is 4. The maximum absolute atomic E-state index is 13.8. The van der Waals surface area contributed by atoms with Crippen molar-refractivity contribution in [1.82, 2.24) is 9.97 Å². The predicted octanol–water partition coefficient (Wildman–Crippen LogP) is 5.86. The van der Waals surface area contributed by atoms with Crippen LogP contribution in [-0.2, 0) is 0 Å². The highest BCUT2D eigenvalue weighted by molar-refractivity contribution is 6.35. The summed E-state index contributed by atoms with van der Waals surface area (Å²) in [5, 5.41) is 6.73. The van der Waals surface area contributed by atoms with Crippen molar-refractivity contribution >= 4 is 46.3 Å². The molecule has 0 aliphatic heterocycles. The fourth-order valence-electron chi connectivity index (χ4n) is 2.13. The van der Waals surface area contributed by atoms with Crippen LogP contribution in [0.3, 0.4) is 0 Å². The molecule has 1 heterocycles. The molecule has 0 bridgehead atoms. The summed E-state index contributed by atoms with van der Waals surface area (Å²) in [4.78, 5) is 8.52. The van der Waals surface area contributed by atoms with Gasteiger partial charge in [0.15, 0.2) is 0 Å². The summed E-state index contributed by atoms with van der Waals surface area (Å²) in [6.07, 6.45) is 0. The van der Waals surface area contributed by atoms with Crippen LogP contribution >= 0.6 is 23.2 Å². The first kappa shape index (κ1) is 17.4. The Balaban J connectivity index is 1.89. The summed E-state index contributed by atoms with van der Waals surface area (Å²) in [6.45, 7) is 1.76. The van der Waals surface area contributed by atoms with Crippen LogP contribution in [0.15, 0.2) is 42.5 Å². The molecule has 0 saturated carbocycles. The number of anilines is 4. The number of aromatic nitrogens is 2. The molecular formula is C17H12Cl2F2N4. The normalized spacial score (nSPS) is 10.6. The molecule has 0 amide bonds. The predicted molar refractivity (Wildman–Crippen MR) is 96.2 cm³/mol. The van der Waals surface area contributed by atoms with Gasteiger partial charge in [0.05, 0.1) is 16.4 Å². The smallest absolute Gasteiger partial charge is 0.229 e. The van der Waals surface area contributed by atoms with E-state index in [0.29, 0.717) is 27.2 Å². The van der Waals surface area contributed by atoms with E-state index in [1.165, 1.54) is 6.07 Å². The summed E-state index contributed by atoms with van der Waals surface area (Å²) >= 11 is 12.1. The zero-order valence-corrected chi connectivity index (χ0v) is 14.5. The van der Waals surface area contributed by atoms with Gasteiger partial charge in [0.2, 0.25) is 5.95 Å². The largest absolute Gasteiger partial charge is 0.338 e. The maximum atomic E-state index is 13.8. The molecule has 0 atom stereocenters. The van der Waals surface area contributed by atoms with Crippen molar-refractivity contribution in [3.8, 4) is 0 Å². The molecule has 25 heavy (non-hydrogen) atoms. The summed E-state index contributed by atoms with van der Waals surface area (Å²) in [6, 6.07) is 9.83. The van der Waals surface area contributed by atoms with Gasteiger partial charge in [0.25, 0.3) is 0 Å². The molecule has 4 nitrogen and oxygen atoms in total. The van der Waals surface area contributed by atoms with Crippen molar-refractivity contribution in [2.75, 3.05) is 10.6 Å². The number of hydrogen-bond acceptors (Lipinski definition) is 4. The van der Waals surface area contributed by atoms with Crippen molar-refractivity contribution in [2.24, 2.45) is 0 Å². The maximum Gasteiger partial charge on any atom is 0.229 e. The van der Waals surface area contributed by atoms with Gasteiger partial charge in [0, 0.05) is 22.8 Å². The third-order valence-electron chi connectivity index (χ3n) is 3.22. The number of nitrogens with one attached hydrogen (secondary N) is 2. The molecule has 0 aliphatic rings. The van der Waals surface area contributed by atoms with E-state index in [4.69, 9.17) is 23.2 Å². The number of aryl methyl sites for hydroxylation is 1. The van der Waals surface area contributed by atoms with Gasteiger partial charge in [-0.1, -0.05) is 23.2 Å². The number of hydrogen-bond donors (Lipinski definition) is 2. The van der Waals surface area contributed by atoms with Crippen molar-refractivity contribution in [1.29, 1.82) is 0 Å². The van der Waals surface area contributed by atoms with Crippen LogP contribution in [0, 0.1) is 18.6 Å².